The fraction of sp³-hybridized carbons (Fsp3) is 0.450. The molecule has 2 aliphatic rings. The second kappa shape index (κ2) is 8.95. The number of amides is 2. The van der Waals surface area contributed by atoms with Crippen LogP contribution in [-0.4, -0.2) is 77.1 Å². The second-order valence-corrected chi connectivity index (χ2v) is 7.10. The van der Waals surface area contributed by atoms with Gasteiger partial charge in [-0.3, -0.25) is 14.6 Å². The molecule has 4 heterocycles. The summed E-state index contributed by atoms with van der Waals surface area (Å²) in [5.41, 5.74) is 0.705. The monoisotopic (exact) mass is 396 g/mol. The zero-order valence-corrected chi connectivity index (χ0v) is 16.2. The van der Waals surface area contributed by atoms with Gasteiger partial charge in [-0.25, -0.2) is 9.97 Å². The van der Waals surface area contributed by atoms with E-state index >= 15 is 0 Å². The van der Waals surface area contributed by atoms with E-state index in [-0.39, 0.29) is 23.6 Å². The number of hydrogen-bond donors (Lipinski definition) is 1. The molecule has 0 aliphatic carbocycles. The molecule has 2 aromatic heterocycles. The topological polar surface area (TPSA) is 101 Å². The summed E-state index contributed by atoms with van der Waals surface area (Å²) in [6.07, 6.45) is 6.98. The molecule has 1 atom stereocenters. The highest BCUT2D eigenvalue weighted by Gasteiger charge is 2.25. The van der Waals surface area contributed by atoms with Crippen LogP contribution in [0.25, 0.3) is 0 Å². The van der Waals surface area contributed by atoms with E-state index in [0.29, 0.717) is 44.2 Å². The highest BCUT2D eigenvalue weighted by atomic mass is 16.5. The number of nitrogens with zero attached hydrogens (tertiary/aromatic N) is 5. The molecule has 2 amide bonds. The minimum Gasteiger partial charge on any atom is -0.376 e. The van der Waals surface area contributed by atoms with Gasteiger partial charge in [0.25, 0.3) is 11.8 Å². The van der Waals surface area contributed by atoms with Gasteiger partial charge in [0, 0.05) is 63.5 Å². The maximum absolute atomic E-state index is 12.8. The van der Waals surface area contributed by atoms with Crippen molar-refractivity contribution >= 4 is 17.8 Å². The number of piperazine rings is 1. The van der Waals surface area contributed by atoms with E-state index in [1.807, 2.05) is 4.90 Å². The Bertz CT molecular complexity index is 848. The molecule has 0 spiro atoms. The first-order chi connectivity index (χ1) is 14.2. The van der Waals surface area contributed by atoms with Gasteiger partial charge in [0.05, 0.1) is 6.10 Å². The Hall–Kier alpha value is -3.07. The smallest absolute Gasteiger partial charge is 0.272 e. The minimum absolute atomic E-state index is 0.0757. The van der Waals surface area contributed by atoms with Crippen molar-refractivity contribution in [2.45, 2.75) is 18.9 Å². The Labute approximate surface area is 169 Å². The maximum Gasteiger partial charge on any atom is 0.272 e. The fourth-order valence-corrected chi connectivity index (χ4v) is 3.53. The van der Waals surface area contributed by atoms with Crippen LogP contribution in [-0.2, 0) is 4.74 Å². The molecule has 0 saturated carbocycles. The molecule has 0 bridgehead atoms. The van der Waals surface area contributed by atoms with E-state index in [0.717, 1.165) is 19.4 Å². The normalized spacial score (nSPS) is 19.2. The maximum atomic E-state index is 12.8. The molecular formula is C20H24N6O3. The lowest BCUT2D eigenvalue weighted by Crippen LogP contribution is -2.49. The number of anilines is 1. The van der Waals surface area contributed by atoms with Crippen molar-refractivity contribution in [2.75, 3.05) is 44.2 Å². The van der Waals surface area contributed by atoms with Crippen LogP contribution in [0.4, 0.5) is 5.95 Å². The van der Waals surface area contributed by atoms with E-state index in [9.17, 15) is 9.59 Å². The zero-order valence-electron chi connectivity index (χ0n) is 16.2. The summed E-state index contributed by atoms with van der Waals surface area (Å²) >= 11 is 0. The first-order valence-electron chi connectivity index (χ1n) is 9.88. The zero-order chi connectivity index (χ0) is 20.1. The predicted molar refractivity (Wildman–Crippen MR) is 106 cm³/mol. The Morgan fingerprint density at radius 1 is 1.10 bits per heavy atom. The van der Waals surface area contributed by atoms with Gasteiger partial charge in [0.2, 0.25) is 5.95 Å². The van der Waals surface area contributed by atoms with Gasteiger partial charge in [-0.15, -0.1) is 0 Å². The Morgan fingerprint density at radius 2 is 1.90 bits per heavy atom. The van der Waals surface area contributed by atoms with Gasteiger partial charge in [-0.1, -0.05) is 0 Å². The van der Waals surface area contributed by atoms with Gasteiger partial charge >= 0.3 is 0 Å². The number of ether oxygens (including phenoxy) is 1. The molecule has 9 heteroatoms. The minimum atomic E-state index is -0.219. The van der Waals surface area contributed by atoms with Crippen molar-refractivity contribution in [1.82, 2.24) is 25.2 Å². The fourth-order valence-electron chi connectivity index (χ4n) is 3.53. The van der Waals surface area contributed by atoms with Crippen LogP contribution >= 0.6 is 0 Å². The molecule has 1 unspecified atom stereocenters. The Kier molecular flexibility index (Phi) is 5.95. The molecule has 152 valence electrons. The van der Waals surface area contributed by atoms with Gasteiger partial charge in [-0.2, -0.15) is 0 Å². The van der Waals surface area contributed by atoms with Gasteiger partial charge in [-0.05, 0) is 31.0 Å². The Morgan fingerprint density at radius 3 is 2.62 bits per heavy atom. The summed E-state index contributed by atoms with van der Waals surface area (Å²) in [7, 11) is 0. The lowest BCUT2D eigenvalue weighted by atomic mass is 10.2. The molecule has 0 aromatic carbocycles. The van der Waals surface area contributed by atoms with Crippen LogP contribution in [0.5, 0.6) is 0 Å². The number of hydrogen-bond acceptors (Lipinski definition) is 7. The summed E-state index contributed by atoms with van der Waals surface area (Å²) in [6, 6.07) is 4.95. The van der Waals surface area contributed by atoms with Crippen LogP contribution in [0.3, 0.4) is 0 Å². The standard InChI is InChI=1S/C20H24N6O3/c27-18(24-14-16-3-1-12-29-16)15-4-7-21-17(13-15)19(28)25-8-10-26(11-9-25)20-22-5-2-6-23-20/h2,4-7,13,16H,1,3,8-12,14H2,(H,24,27). The van der Waals surface area contributed by atoms with E-state index in [2.05, 4.69) is 20.3 Å². The van der Waals surface area contributed by atoms with Crippen LogP contribution in [0.15, 0.2) is 36.8 Å². The molecule has 0 radical (unpaired) electrons. The number of aromatic nitrogens is 3. The number of nitrogens with one attached hydrogen (secondary N) is 1. The number of carbonyl (C=O) groups is 2. The number of pyridine rings is 1. The molecule has 2 aromatic rings. The lowest BCUT2D eigenvalue weighted by molar-refractivity contribution is 0.0740. The summed E-state index contributed by atoms with van der Waals surface area (Å²) < 4.78 is 5.52. The van der Waals surface area contributed by atoms with Crippen molar-refractivity contribution in [1.29, 1.82) is 0 Å². The molecule has 4 rings (SSSR count). The number of carbonyl (C=O) groups excluding carboxylic acids is 2. The molecule has 1 N–H and O–H groups in total. The van der Waals surface area contributed by atoms with Crippen molar-refractivity contribution in [3.8, 4) is 0 Å². The van der Waals surface area contributed by atoms with E-state index in [1.54, 1.807) is 35.5 Å². The van der Waals surface area contributed by atoms with E-state index in [4.69, 9.17) is 4.74 Å². The molecular weight excluding hydrogens is 372 g/mol. The molecule has 29 heavy (non-hydrogen) atoms. The predicted octanol–water partition coefficient (Wildman–Crippen LogP) is 0.743. The van der Waals surface area contributed by atoms with Gasteiger partial charge in [0.15, 0.2) is 0 Å². The largest absolute Gasteiger partial charge is 0.376 e. The second-order valence-electron chi connectivity index (χ2n) is 7.10. The summed E-state index contributed by atoms with van der Waals surface area (Å²) in [5, 5.41) is 2.87. The summed E-state index contributed by atoms with van der Waals surface area (Å²) in [4.78, 5) is 41.7. The van der Waals surface area contributed by atoms with Gasteiger partial charge < -0.3 is 19.9 Å². The third-order valence-electron chi connectivity index (χ3n) is 5.16. The van der Waals surface area contributed by atoms with E-state index < -0.39 is 0 Å². The van der Waals surface area contributed by atoms with Crippen molar-refractivity contribution in [3.63, 3.8) is 0 Å². The average Bonchev–Trinajstić information content (AvgIpc) is 3.31. The SMILES string of the molecule is O=C(NCC1CCCO1)c1ccnc(C(=O)N2CCN(c3ncccn3)CC2)c1. The molecule has 2 fully saturated rings. The number of rotatable bonds is 5. The first kappa shape index (κ1) is 19.3. The van der Waals surface area contributed by atoms with Crippen LogP contribution < -0.4 is 10.2 Å². The quantitative estimate of drug-likeness (QED) is 0.796. The highest BCUT2D eigenvalue weighted by molar-refractivity contribution is 5.98. The van der Waals surface area contributed by atoms with Crippen LogP contribution in [0.1, 0.15) is 33.7 Å². The van der Waals surface area contributed by atoms with Crippen LogP contribution in [0, 0.1) is 0 Å². The third kappa shape index (κ3) is 4.68. The van der Waals surface area contributed by atoms with Crippen molar-refractivity contribution < 1.29 is 14.3 Å². The van der Waals surface area contributed by atoms with Crippen molar-refractivity contribution in [2.24, 2.45) is 0 Å². The van der Waals surface area contributed by atoms with Crippen molar-refractivity contribution in [3.05, 3.63) is 48.0 Å². The molecule has 2 saturated heterocycles. The summed E-state index contributed by atoms with van der Waals surface area (Å²) in [6.45, 7) is 3.63. The average molecular weight is 396 g/mol. The van der Waals surface area contributed by atoms with Crippen LogP contribution in [0.2, 0.25) is 0 Å². The molecule has 2 aliphatic heterocycles. The van der Waals surface area contributed by atoms with E-state index in [1.165, 1.54) is 6.20 Å². The Balaban J connectivity index is 1.34. The third-order valence-corrected chi connectivity index (χ3v) is 5.16. The highest BCUT2D eigenvalue weighted by Crippen LogP contribution is 2.13. The first-order valence-corrected chi connectivity index (χ1v) is 9.88. The van der Waals surface area contributed by atoms with Gasteiger partial charge in [0.1, 0.15) is 5.69 Å². The summed E-state index contributed by atoms with van der Waals surface area (Å²) in [5.74, 6) is 0.276. The molecule has 9 nitrogen and oxygen atoms in total. The lowest BCUT2D eigenvalue weighted by Gasteiger charge is -2.34.